The van der Waals surface area contributed by atoms with E-state index in [1.807, 2.05) is 0 Å². The number of aliphatic hydroxyl groups is 1. The van der Waals surface area contributed by atoms with Gasteiger partial charge in [-0.05, 0) is 43.6 Å². The second-order valence-corrected chi connectivity index (χ2v) is 6.17. The standard InChI is InChI=1S/C14H27NO/c1-4-12-5-6-15(9-12)14-11(3)7-10(2)8-13(14)16/h10-14,16H,4-9H2,1-3H3. The molecule has 0 aromatic carbocycles. The van der Waals surface area contributed by atoms with Crippen molar-refractivity contribution in [1.82, 2.24) is 4.90 Å². The molecule has 1 heterocycles. The van der Waals surface area contributed by atoms with Crippen LogP contribution < -0.4 is 0 Å². The molecule has 0 aromatic rings. The van der Waals surface area contributed by atoms with Crippen molar-refractivity contribution >= 4 is 0 Å². The van der Waals surface area contributed by atoms with E-state index in [-0.39, 0.29) is 6.10 Å². The molecule has 0 amide bonds. The topological polar surface area (TPSA) is 23.5 Å². The molecule has 1 saturated heterocycles. The van der Waals surface area contributed by atoms with Crippen LogP contribution in [0.1, 0.15) is 46.5 Å². The fourth-order valence-corrected chi connectivity index (χ4v) is 3.87. The number of hydrogen-bond donors (Lipinski definition) is 1. The van der Waals surface area contributed by atoms with Gasteiger partial charge in [0.15, 0.2) is 0 Å². The summed E-state index contributed by atoms with van der Waals surface area (Å²) in [6.07, 6.45) is 4.83. The average molecular weight is 225 g/mol. The van der Waals surface area contributed by atoms with Crippen LogP contribution in [0.15, 0.2) is 0 Å². The van der Waals surface area contributed by atoms with Crippen LogP contribution >= 0.6 is 0 Å². The minimum absolute atomic E-state index is 0.0886. The summed E-state index contributed by atoms with van der Waals surface area (Å²) in [7, 11) is 0. The van der Waals surface area contributed by atoms with E-state index in [4.69, 9.17) is 0 Å². The first-order valence-corrected chi connectivity index (χ1v) is 7.04. The highest BCUT2D eigenvalue weighted by Crippen LogP contribution is 2.35. The predicted molar refractivity (Wildman–Crippen MR) is 67.3 cm³/mol. The van der Waals surface area contributed by atoms with Crippen molar-refractivity contribution in [2.75, 3.05) is 13.1 Å². The van der Waals surface area contributed by atoms with Crippen LogP contribution in [0.5, 0.6) is 0 Å². The van der Waals surface area contributed by atoms with Crippen LogP contribution in [0.25, 0.3) is 0 Å². The van der Waals surface area contributed by atoms with Gasteiger partial charge in [0, 0.05) is 12.6 Å². The molecule has 1 N–H and O–H groups in total. The normalized spacial score (nSPS) is 46.1. The molecule has 0 spiro atoms. The van der Waals surface area contributed by atoms with Gasteiger partial charge in [-0.15, -0.1) is 0 Å². The maximum absolute atomic E-state index is 10.3. The van der Waals surface area contributed by atoms with Crippen LogP contribution in [-0.4, -0.2) is 35.2 Å². The van der Waals surface area contributed by atoms with E-state index >= 15 is 0 Å². The highest BCUT2D eigenvalue weighted by Gasteiger charge is 2.39. The summed E-state index contributed by atoms with van der Waals surface area (Å²) in [6.45, 7) is 9.31. The molecule has 16 heavy (non-hydrogen) atoms. The van der Waals surface area contributed by atoms with Gasteiger partial charge in [0.2, 0.25) is 0 Å². The van der Waals surface area contributed by atoms with Gasteiger partial charge in [-0.2, -0.15) is 0 Å². The quantitative estimate of drug-likeness (QED) is 0.780. The van der Waals surface area contributed by atoms with Gasteiger partial charge in [-0.25, -0.2) is 0 Å². The van der Waals surface area contributed by atoms with Gasteiger partial charge >= 0.3 is 0 Å². The average Bonchev–Trinajstić information content (AvgIpc) is 2.64. The first-order valence-electron chi connectivity index (χ1n) is 7.04. The Balaban J connectivity index is 1.97. The summed E-state index contributed by atoms with van der Waals surface area (Å²) in [6, 6.07) is 0.438. The Hall–Kier alpha value is -0.0800. The molecule has 94 valence electrons. The number of rotatable bonds is 2. The summed E-state index contributed by atoms with van der Waals surface area (Å²) in [5.41, 5.74) is 0. The maximum atomic E-state index is 10.3. The Morgan fingerprint density at radius 2 is 2.00 bits per heavy atom. The fraction of sp³-hybridized carbons (Fsp3) is 1.00. The Labute approximate surface area is 100 Å². The zero-order valence-corrected chi connectivity index (χ0v) is 11.0. The Bertz CT molecular complexity index is 219. The van der Waals surface area contributed by atoms with Crippen LogP contribution in [0, 0.1) is 17.8 Å². The highest BCUT2D eigenvalue weighted by atomic mass is 16.3. The first-order chi connectivity index (χ1) is 7.61. The lowest BCUT2D eigenvalue weighted by atomic mass is 9.77. The predicted octanol–water partition coefficient (Wildman–Crippen LogP) is 2.51. The molecule has 2 rings (SSSR count). The lowest BCUT2D eigenvalue weighted by Crippen LogP contribution is -2.50. The molecule has 2 nitrogen and oxygen atoms in total. The molecule has 2 aliphatic rings. The van der Waals surface area contributed by atoms with E-state index in [0.717, 1.165) is 12.3 Å². The summed E-state index contributed by atoms with van der Waals surface area (Å²) in [4.78, 5) is 2.56. The van der Waals surface area contributed by atoms with Crippen molar-refractivity contribution in [3.8, 4) is 0 Å². The molecule has 2 fully saturated rings. The van der Waals surface area contributed by atoms with Gasteiger partial charge in [0.1, 0.15) is 0 Å². The lowest BCUT2D eigenvalue weighted by Gasteiger charge is -2.42. The van der Waals surface area contributed by atoms with Crippen LogP contribution in [0.3, 0.4) is 0 Å². The van der Waals surface area contributed by atoms with E-state index in [2.05, 4.69) is 25.7 Å². The van der Waals surface area contributed by atoms with Crippen molar-refractivity contribution in [2.24, 2.45) is 17.8 Å². The molecule has 1 saturated carbocycles. The van der Waals surface area contributed by atoms with Crippen molar-refractivity contribution in [3.05, 3.63) is 0 Å². The van der Waals surface area contributed by atoms with Gasteiger partial charge in [0.25, 0.3) is 0 Å². The molecule has 2 heteroatoms. The number of aliphatic hydroxyl groups excluding tert-OH is 1. The number of nitrogens with zero attached hydrogens (tertiary/aromatic N) is 1. The maximum Gasteiger partial charge on any atom is 0.0700 e. The third-order valence-corrected chi connectivity index (χ3v) is 4.71. The van der Waals surface area contributed by atoms with Crippen molar-refractivity contribution < 1.29 is 5.11 Å². The third kappa shape index (κ3) is 2.43. The summed E-state index contributed by atoms with van der Waals surface area (Å²) >= 11 is 0. The second-order valence-electron chi connectivity index (χ2n) is 6.17. The van der Waals surface area contributed by atoms with Gasteiger partial charge in [0.05, 0.1) is 6.10 Å². The Kier molecular flexibility index (Phi) is 3.91. The van der Waals surface area contributed by atoms with E-state index in [0.29, 0.717) is 17.9 Å². The smallest absolute Gasteiger partial charge is 0.0700 e. The van der Waals surface area contributed by atoms with Crippen LogP contribution in [0.4, 0.5) is 0 Å². The van der Waals surface area contributed by atoms with Crippen molar-refractivity contribution in [2.45, 2.75) is 58.6 Å². The first kappa shape index (κ1) is 12.4. The molecular formula is C14H27NO. The van der Waals surface area contributed by atoms with Gasteiger partial charge in [-0.1, -0.05) is 27.2 Å². The molecule has 5 atom stereocenters. The molecule has 0 aromatic heterocycles. The highest BCUT2D eigenvalue weighted by molar-refractivity contribution is 4.92. The second kappa shape index (κ2) is 5.05. The molecule has 0 bridgehead atoms. The van der Waals surface area contributed by atoms with E-state index in [9.17, 15) is 5.11 Å². The fourth-order valence-electron chi connectivity index (χ4n) is 3.87. The minimum Gasteiger partial charge on any atom is -0.391 e. The van der Waals surface area contributed by atoms with Crippen LogP contribution in [0.2, 0.25) is 0 Å². The number of hydrogen-bond acceptors (Lipinski definition) is 2. The zero-order chi connectivity index (χ0) is 11.7. The summed E-state index contributed by atoms with van der Waals surface area (Å²) < 4.78 is 0. The largest absolute Gasteiger partial charge is 0.391 e. The van der Waals surface area contributed by atoms with Crippen molar-refractivity contribution in [3.63, 3.8) is 0 Å². The minimum atomic E-state index is -0.0886. The molecule has 1 aliphatic carbocycles. The Morgan fingerprint density at radius 3 is 2.56 bits per heavy atom. The van der Waals surface area contributed by atoms with E-state index < -0.39 is 0 Å². The van der Waals surface area contributed by atoms with Gasteiger partial charge in [-0.3, -0.25) is 4.90 Å². The summed E-state index contributed by atoms with van der Waals surface area (Å²) in [5, 5.41) is 10.3. The van der Waals surface area contributed by atoms with Crippen LogP contribution in [-0.2, 0) is 0 Å². The van der Waals surface area contributed by atoms with Gasteiger partial charge < -0.3 is 5.11 Å². The van der Waals surface area contributed by atoms with E-state index in [1.54, 1.807) is 0 Å². The SMILES string of the molecule is CCC1CCN(C2C(C)CC(C)CC2O)C1. The third-order valence-electron chi connectivity index (χ3n) is 4.71. The molecular weight excluding hydrogens is 198 g/mol. The lowest BCUT2D eigenvalue weighted by molar-refractivity contribution is -0.0165. The summed E-state index contributed by atoms with van der Waals surface area (Å²) in [5.74, 6) is 2.24. The Morgan fingerprint density at radius 1 is 1.25 bits per heavy atom. The number of likely N-dealkylation sites (tertiary alicyclic amines) is 1. The molecule has 1 aliphatic heterocycles. The molecule has 0 radical (unpaired) electrons. The monoisotopic (exact) mass is 225 g/mol. The van der Waals surface area contributed by atoms with Crippen molar-refractivity contribution in [1.29, 1.82) is 0 Å². The molecule has 5 unspecified atom stereocenters. The van der Waals surface area contributed by atoms with E-state index in [1.165, 1.54) is 32.4 Å². The zero-order valence-electron chi connectivity index (χ0n) is 11.0.